The maximum Gasteiger partial charge on any atom is 0.325 e. The highest BCUT2D eigenvalue weighted by molar-refractivity contribution is 7.71. The summed E-state index contributed by atoms with van der Waals surface area (Å²) in [6, 6.07) is 1.92. The van der Waals surface area contributed by atoms with Gasteiger partial charge in [-0.15, -0.1) is 0 Å². The number of carbonyl (C=O) groups is 1. The molecule has 0 radical (unpaired) electrons. The Kier molecular flexibility index (Phi) is 3.16. The largest absolute Gasteiger partial charge is 0.468 e. The Labute approximate surface area is 101 Å². The third kappa shape index (κ3) is 2.05. The summed E-state index contributed by atoms with van der Waals surface area (Å²) >= 11 is 6.61. The summed E-state index contributed by atoms with van der Waals surface area (Å²) in [4.78, 5) is 11.2. The first-order valence-electron chi connectivity index (χ1n) is 4.47. The fraction of sp³-hybridized carbons (Fsp3) is 0.222. The van der Waals surface area contributed by atoms with E-state index in [1.807, 2.05) is 16.8 Å². The van der Waals surface area contributed by atoms with Crippen molar-refractivity contribution in [1.29, 1.82) is 0 Å². The van der Waals surface area contributed by atoms with Gasteiger partial charge in [0.1, 0.15) is 6.54 Å². The van der Waals surface area contributed by atoms with Crippen LogP contribution in [0, 0.1) is 4.77 Å². The zero-order chi connectivity index (χ0) is 11.5. The van der Waals surface area contributed by atoms with E-state index in [-0.39, 0.29) is 12.5 Å². The first kappa shape index (κ1) is 11.0. The van der Waals surface area contributed by atoms with Gasteiger partial charge in [-0.25, -0.2) is 0 Å². The molecular formula is C9H9N3O2S2. The summed E-state index contributed by atoms with van der Waals surface area (Å²) in [5.41, 5.74) is 0.932. The van der Waals surface area contributed by atoms with Gasteiger partial charge in [-0.1, -0.05) is 0 Å². The average molecular weight is 255 g/mol. The summed E-state index contributed by atoms with van der Waals surface area (Å²) in [7, 11) is 1.34. The van der Waals surface area contributed by atoms with Crippen LogP contribution in [-0.4, -0.2) is 27.8 Å². The number of esters is 1. The van der Waals surface area contributed by atoms with Gasteiger partial charge in [-0.2, -0.15) is 16.4 Å². The fourth-order valence-electron chi connectivity index (χ4n) is 1.27. The molecule has 0 spiro atoms. The molecule has 0 saturated heterocycles. The van der Waals surface area contributed by atoms with E-state index in [2.05, 4.69) is 14.9 Å². The van der Waals surface area contributed by atoms with Crippen LogP contribution in [0.1, 0.15) is 0 Å². The third-order valence-electron chi connectivity index (χ3n) is 2.05. The van der Waals surface area contributed by atoms with Crippen LogP contribution in [0.5, 0.6) is 0 Å². The molecule has 2 aromatic rings. The number of carbonyl (C=O) groups excluding carboxylic acids is 1. The summed E-state index contributed by atoms with van der Waals surface area (Å²) < 4.78 is 6.63. The van der Waals surface area contributed by atoms with E-state index in [1.165, 1.54) is 7.11 Å². The summed E-state index contributed by atoms with van der Waals surface area (Å²) in [6.07, 6.45) is 0. The molecule has 0 aliphatic heterocycles. The lowest BCUT2D eigenvalue weighted by Gasteiger charge is -2.03. The van der Waals surface area contributed by atoms with Crippen LogP contribution in [0.3, 0.4) is 0 Å². The molecule has 0 aliphatic carbocycles. The smallest absolute Gasteiger partial charge is 0.325 e. The average Bonchev–Trinajstić information content (AvgIpc) is 2.89. The lowest BCUT2D eigenvalue weighted by atomic mass is 10.3. The Hall–Kier alpha value is -1.47. The maximum absolute atomic E-state index is 11.2. The molecule has 0 aromatic carbocycles. The number of methoxy groups -OCH3 is 1. The highest BCUT2D eigenvalue weighted by Gasteiger charge is 2.12. The lowest BCUT2D eigenvalue weighted by molar-refractivity contribution is -0.141. The molecule has 2 heterocycles. The predicted molar refractivity (Wildman–Crippen MR) is 62.7 cm³/mol. The Morgan fingerprint density at radius 3 is 3.19 bits per heavy atom. The summed E-state index contributed by atoms with van der Waals surface area (Å²) in [6.45, 7) is 0.0665. The SMILES string of the molecule is COC(=O)Cn1c(-c2ccsc2)n[nH]c1=S. The number of hydrogen-bond acceptors (Lipinski definition) is 5. The molecule has 5 nitrogen and oxygen atoms in total. The molecule has 1 N–H and O–H groups in total. The highest BCUT2D eigenvalue weighted by Crippen LogP contribution is 2.19. The van der Waals surface area contributed by atoms with Crippen LogP contribution in [0.25, 0.3) is 11.4 Å². The van der Waals surface area contributed by atoms with Gasteiger partial charge < -0.3 is 4.74 Å². The monoisotopic (exact) mass is 255 g/mol. The zero-order valence-electron chi connectivity index (χ0n) is 8.47. The summed E-state index contributed by atoms with van der Waals surface area (Å²) in [5.74, 6) is 0.297. The number of rotatable bonds is 3. The van der Waals surface area contributed by atoms with Gasteiger partial charge in [0, 0.05) is 10.9 Å². The van der Waals surface area contributed by atoms with Gasteiger partial charge in [0.05, 0.1) is 7.11 Å². The van der Waals surface area contributed by atoms with E-state index in [4.69, 9.17) is 12.2 Å². The number of aromatic nitrogens is 3. The van der Waals surface area contributed by atoms with Gasteiger partial charge >= 0.3 is 5.97 Å². The van der Waals surface area contributed by atoms with Crippen molar-refractivity contribution in [2.24, 2.45) is 0 Å². The van der Waals surface area contributed by atoms with E-state index in [1.54, 1.807) is 15.9 Å². The van der Waals surface area contributed by atoms with E-state index in [0.717, 1.165) is 5.56 Å². The predicted octanol–water partition coefficient (Wildman–Crippen LogP) is 1.84. The lowest BCUT2D eigenvalue weighted by Crippen LogP contribution is -2.12. The Morgan fingerprint density at radius 2 is 2.56 bits per heavy atom. The Bertz CT molecular complexity index is 541. The number of ether oxygens (including phenoxy) is 1. The molecule has 0 fully saturated rings. The standard InChI is InChI=1S/C9H9N3O2S2/c1-14-7(13)4-12-8(10-11-9(12)15)6-2-3-16-5-6/h2-3,5H,4H2,1H3,(H,11,15). The number of aromatic amines is 1. The van der Waals surface area contributed by atoms with Crippen molar-refractivity contribution in [3.63, 3.8) is 0 Å². The molecule has 0 unspecified atom stereocenters. The van der Waals surface area contributed by atoms with Crippen molar-refractivity contribution in [3.05, 3.63) is 21.6 Å². The van der Waals surface area contributed by atoms with Crippen molar-refractivity contribution >= 4 is 29.5 Å². The molecule has 2 rings (SSSR count). The molecular weight excluding hydrogens is 246 g/mol. The van der Waals surface area contributed by atoms with Gasteiger partial charge in [-0.05, 0) is 23.7 Å². The number of nitrogens with one attached hydrogen (secondary N) is 1. The molecule has 0 amide bonds. The van der Waals surface area contributed by atoms with E-state index in [9.17, 15) is 4.79 Å². The molecule has 0 bridgehead atoms. The Morgan fingerprint density at radius 1 is 1.75 bits per heavy atom. The van der Waals surface area contributed by atoms with Gasteiger partial charge in [0.25, 0.3) is 0 Å². The maximum atomic E-state index is 11.2. The molecule has 0 atom stereocenters. The first-order valence-corrected chi connectivity index (χ1v) is 5.82. The minimum atomic E-state index is -0.353. The second-order valence-corrected chi connectivity index (χ2v) is 4.19. The van der Waals surface area contributed by atoms with Crippen molar-refractivity contribution in [2.75, 3.05) is 7.11 Å². The van der Waals surface area contributed by atoms with Crippen molar-refractivity contribution < 1.29 is 9.53 Å². The first-order chi connectivity index (χ1) is 7.72. The molecule has 2 aromatic heterocycles. The van der Waals surface area contributed by atoms with E-state index >= 15 is 0 Å². The highest BCUT2D eigenvalue weighted by atomic mass is 32.1. The Balaban J connectivity index is 2.41. The van der Waals surface area contributed by atoms with Crippen LogP contribution in [0.15, 0.2) is 16.8 Å². The van der Waals surface area contributed by atoms with Crippen LogP contribution < -0.4 is 0 Å². The van der Waals surface area contributed by atoms with Crippen LogP contribution in [0.2, 0.25) is 0 Å². The normalized spacial score (nSPS) is 10.3. The molecule has 16 heavy (non-hydrogen) atoms. The zero-order valence-corrected chi connectivity index (χ0v) is 10.1. The quantitative estimate of drug-likeness (QED) is 0.671. The van der Waals surface area contributed by atoms with Gasteiger partial charge in [-0.3, -0.25) is 14.5 Å². The topological polar surface area (TPSA) is 59.9 Å². The number of nitrogens with zero attached hydrogens (tertiary/aromatic N) is 2. The van der Waals surface area contributed by atoms with Crippen LogP contribution >= 0.6 is 23.6 Å². The molecule has 0 saturated carbocycles. The molecule has 0 aliphatic rings. The van der Waals surface area contributed by atoms with Gasteiger partial charge in [0.15, 0.2) is 10.6 Å². The van der Waals surface area contributed by atoms with Gasteiger partial charge in [0.2, 0.25) is 0 Å². The fourth-order valence-corrected chi connectivity index (χ4v) is 2.10. The van der Waals surface area contributed by atoms with Crippen LogP contribution in [-0.2, 0) is 16.1 Å². The third-order valence-corrected chi connectivity index (χ3v) is 3.05. The van der Waals surface area contributed by atoms with E-state index < -0.39 is 0 Å². The second-order valence-electron chi connectivity index (χ2n) is 3.03. The van der Waals surface area contributed by atoms with Crippen molar-refractivity contribution in [2.45, 2.75) is 6.54 Å². The number of hydrogen-bond donors (Lipinski definition) is 1. The van der Waals surface area contributed by atoms with Crippen molar-refractivity contribution in [1.82, 2.24) is 14.8 Å². The minimum Gasteiger partial charge on any atom is -0.468 e. The number of thiophene rings is 1. The van der Waals surface area contributed by atoms with Crippen LogP contribution in [0.4, 0.5) is 0 Å². The van der Waals surface area contributed by atoms with Crippen molar-refractivity contribution in [3.8, 4) is 11.4 Å². The number of H-pyrrole nitrogens is 1. The molecule has 84 valence electrons. The minimum absolute atomic E-state index is 0.0665. The molecule has 7 heteroatoms. The summed E-state index contributed by atoms with van der Waals surface area (Å²) in [5, 5.41) is 10.6. The van der Waals surface area contributed by atoms with E-state index in [0.29, 0.717) is 10.6 Å². The second kappa shape index (κ2) is 4.58.